The van der Waals surface area contributed by atoms with Crippen LogP contribution in [0.4, 0.5) is 10.1 Å². The Kier molecular flexibility index (Phi) is 4.13. The predicted molar refractivity (Wildman–Crippen MR) is 97.2 cm³/mol. The standard InChI is InChI=1S/C17H18FN3O2S2/c1-21-6-5-14(13(18)7-21)20-15-4-2-3-11-12(16-8-24-10-19-16)9-25(22,23)17(11)15/h2-4,8-10,13-14,20H,5-7H2,1H3/t13-,14+/m0/s1. The monoisotopic (exact) mass is 379 g/mol. The number of halogens is 1. The summed E-state index contributed by atoms with van der Waals surface area (Å²) >= 11 is 1.42. The summed E-state index contributed by atoms with van der Waals surface area (Å²) in [5.74, 6) is 0. The van der Waals surface area contributed by atoms with Gasteiger partial charge in [0.05, 0.1) is 22.9 Å². The summed E-state index contributed by atoms with van der Waals surface area (Å²) in [7, 11) is -1.70. The molecule has 132 valence electrons. The van der Waals surface area contributed by atoms with Crippen molar-refractivity contribution >= 4 is 32.4 Å². The number of aromatic nitrogens is 1. The highest BCUT2D eigenvalue weighted by Crippen LogP contribution is 2.41. The van der Waals surface area contributed by atoms with E-state index in [1.165, 1.54) is 16.7 Å². The number of benzene rings is 1. The van der Waals surface area contributed by atoms with Crippen LogP contribution in [-0.2, 0) is 9.84 Å². The lowest BCUT2D eigenvalue weighted by molar-refractivity contribution is 0.149. The number of alkyl halides is 1. The molecule has 1 N–H and O–H groups in total. The Balaban J connectivity index is 1.72. The zero-order valence-electron chi connectivity index (χ0n) is 13.6. The lowest BCUT2D eigenvalue weighted by Crippen LogP contribution is -2.46. The minimum atomic E-state index is -3.58. The molecule has 2 aliphatic rings. The molecule has 1 aromatic heterocycles. The van der Waals surface area contributed by atoms with E-state index in [9.17, 15) is 12.8 Å². The van der Waals surface area contributed by atoms with E-state index in [0.29, 0.717) is 35.5 Å². The first-order valence-electron chi connectivity index (χ1n) is 8.03. The van der Waals surface area contributed by atoms with E-state index in [0.717, 1.165) is 6.54 Å². The van der Waals surface area contributed by atoms with Crippen LogP contribution >= 0.6 is 11.3 Å². The van der Waals surface area contributed by atoms with E-state index < -0.39 is 16.0 Å². The van der Waals surface area contributed by atoms with Gasteiger partial charge in [0, 0.05) is 35.0 Å². The van der Waals surface area contributed by atoms with E-state index in [2.05, 4.69) is 10.3 Å². The fourth-order valence-electron chi connectivity index (χ4n) is 3.41. The van der Waals surface area contributed by atoms with Crippen molar-refractivity contribution in [3.05, 3.63) is 45.8 Å². The van der Waals surface area contributed by atoms with Crippen LogP contribution in [0.1, 0.15) is 17.7 Å². The number of nitrogens with one attached hydrogen (secondary N) is 1. The number of nitrogens with zero attached hydrogens (tertiary/aromatic N) is 2. The molecule has 1 saturated heterocycles. The molecule has 0 bridgehead atoms. The van der Waals surface area contributed by atoms with Gasteiger partial charge in [-0.3, -0.25) is 0 Å². The molecule has 0 saturated carbocycles. The second kappa shape index (κ2) is 6.19. The van der Waals surface area contributed by atoms with Crippen LogP contribution in [0.25, 0.3) is 5.57 Å². The molecule has 1 fully saturated rings. The number of fused-ring (bicyclic) bond motifs is 1. The first-order valence-corrected chi connectivity index (χ1v) is 10.5. The third kappa shape index (κ3) is 2.98. The van der Waals surface area contributed by atoms with Crippen LogP contribution in [0.5, 0.6) is 0 Å². The highest BCUT2D eigenvalue weighted by Gasteiger charge is 2.34. The lowest BCUT2D eigenvalue weighted by Gasteiger charge is -2.33. The van der Waals surface area contributed by atoms with Gasteiger partial charge in [-0.1, -0.05) is 12.1 Å². The molecule has 8 heteroatoms. The number of likely N-dealkylation sites (tertiary alicyclic amines) is 1. The molecule has 2 atom stereocenters. The number of anilines is 1. The quantitative estimate of drug-likeness (QED) is 0.889. The van der Waals surface area contributed by atoms with Gasteiger partial charge in [-0.25, -0.2) is 17.8 Å². The molecule has 3 heterocycles. The average Bonchev–Trinajstić information content (AvgIpc) is 3.17. The molecular weight excluding hydrogens is 361 g/mol. The zero-order chi connectivity index (χ0) is 17.6. The second-order valence-electron chi connectivity index (χ2n) is 6.45. The van der Waals surface area contributed by atoms with Crippen molar-refractivity contribution in [2.75, 3.05) is 25.5 Å². The molecule has 25 heavy (non-hydrogen) atoms. The SMILES string of the molecule is CN1CC[C@@H](Nc2cccc3c2S(=O)(=O)C=C3c2cscn2)[C@@H](F)C1. The van der Waals surface area contributed by atoms with Gasteiger partial charge < -0.3 is 10.2 Å². The molecule has 2 aromatic rings. The van der Waals surface area contributed by atoms with Gasteiger partial charge in [0.25, 0.3) is 0 Å². The lowest BCUT2D eigenvalue weighted by atomic mass is 10.0. The summed E-state index contributed by atoms with van der Waals surface area (Å²) in [6, 6.07) is 4.89. The molecule has 0 spiro atoms. The molecule has 1 aromatic carbocycles. The fourth-order valence-corrected chi connectivity index (χ4v) is 5.56. The van der Waals surface area contributed by atoms with Crippen LogP contribution in [0.2, 0.25) is 0 Å². The first-order chi connectivity index (χ1) is 12.0. The van der Waals surface area contributed by atoms with E-state index >= 15 is 0 Å². The maximum atomic E-state index is 14.4. The second-order valence-corrected chi connectivity index (χ2v) is 8.90. The summed E-state index contributed by atoms with van der Waals surface area (Å²) in [5.41, 5.74) is 4.01. The maximum absolute atomic E-state index is 14.4. The summed E-state index contributed by atoms with van der Waals surface area (Å²) in [5, 5.41) is 6.23. The summed E-state index contributed by atoms with van der Waals surface area (Å²) in [6.07, 6.45) is -0.405. The van der Waals surface area contributed by atoms with Crippen LogP contribution < -0.4 is 5.32 Å². The van der Waals surface area contributed by atoms with Gasteiger partial charge in [-0.05, 0) is 19.5 Å². The van der Waals surface area contributed by atoms with Gasteiger partial charge in [0.2, 0.25) is 9.84 Å². The predicted octanol–water partition coefficient (Wildman–Crippen LogP) is 2.77. The number of sulfone groups is 1. The Hall–Kier alpha value is -1.77. The van der Waals surface area contributed by atoms with E-state index in [4.69, 9.17) is 0 Å². The van der Waals surface area contributed by atoms with Gasteiger partial charge in [-0.2, -0.15) is 0 Å². The number of thiazole rings is 1. The number of hydrogen-bond donors (Lipinski definition) is 1. The third-order valence-electron chi connectivity index (χ3n) is 4.66. The molecule has 0 unspecified atom stereocenters. The van der Waals surface area contributed by atoms with Crippen molar-refractivity contribution in [1.29, 1.82) is 0 Å². The molecule has 0 radical (unpaired) electrons. The van der Waals surface area contributed by atoms with Gasteiger partial charge in [0.15, 0.2) is 0 Å². The Labute approximate surface area is 150 Å². The van der Waals surface area contributed by atoms with E-state index in [-0.39, 0.29) is 10.9 Å². The van der Waals surface area contributed by atoms with Crippen molar-refractivity contribution in [2.45, 2.75) is 23.5 Å². The molecule has 2 aliphatic heterocycles. The normalized spacial score (nSPS) is 25.4. The fraction of sp³-hybridized carbons (Fsp3) is 0.353. The average molecular weight is 379 g/mol. The van der Waals surface area contributed by atoms with Gasteiger partial charge in [0.1, 0.15) is 11.1 Å². The summed E-state index contributed by atoms with van der Waals surface area (Å²) < 4.78 is 39.8. The summed E-state index contributed by atoms with van der Waals surface area (Å²) in [6.45, 7) is 1.13. The molecule has 5 nitrogen and oxygen atoms in total. The largest absolute Gasteiger partial charge is 0.378 e. The van der Waals surface area contributed by atoms with Crippen LogP contribution in [0.15, 0.2) is 39.4 Å². The molecule has 0 amide bonds. The van der Waals surface area contributed by atoms with Gasteiger partial charge in [-0.15, -0.1) is 11.3 Å². The van der Waals surface area contributed by atoms with E-state index in [1.54, 1.807) is 23.7 Å². The topological polar surface area (TPSA) is 62.3 Å². The zero-order valence-corrected chi connectivity index (χ0v) is 15.3. The van der Waals surface area contributed by atoms with Crippen molar-refractivity contribution in [1.82, 2.24) is 9.88 Å². The van der Waals surface area contributed by atoms with Crippen LogP contribution in [0, 0.1) is 0 Å². The number of piperidine rings is 1. The Morgan fingerprint density at radius 1 is 1.40 bits per heavy atom. The minimum absolute atomic E-state index is 0.226. The molecular formula is C17H18FN3O2S2. The molecule has 0 aliphatic carbocycles. The van der Waals surface area contributed by atoms with E-state index in [1.807, 2.05) is 17.3 Å². The van der Waals surface area contributed by atoms with Crippen LogP contribution in [-0.4, -0.2) is 50.7 Å². The van der Waals surface area contributed by atoms with Crippen molar-refractivity contribution < 1.29 is 12.8 Å². The van der Waals surface area contributed by atoms with Crippen molar-refractivity contribution in [3.8, 4) is 0 Å². The van der Waals surface area contributed by atoms with Crippen molar-refractivity contribution in [2.24, 2.45) is 0 Å². The number of hydrogen-bond acceptors (Lipinski definition) is 6. The summed E-state index contributed by atoms with van der Waals surface area (Å²) in [4.78, 5) is 6.40. The van der Waals surface area contributed by atoms with Crippen molar-refractivity contribution in [3.63, 3.8) is 0 Å². The van der Waals surface area contributed by atoms with Crippen LogP contribution in [0.3, 0.4) is 0 Å². The Bertz CT molecular complexity index is 925. The number of rotatable bonds is 3. The highest BCUT2D eigenvalue weighted by atomic mass is 32.2. The Morgan fingerprint density at radius 2 is 2.24 bits per heavy atom. The smallest absolute Gasteiger partial charge is 0.203 e. The first kappa shape index (κ1) is 16.7. The molecule has 4 rings (SSSR count). The maximum Gasteiger partial charge on any atom is 0.203 e. The minimum Gasteiger partial charge on any atom is -0.378 e. The Morgan fingerprint density at radius 3 is 2.96 bits per heavy atom. The third-order valence-corrected chi connectivity index (χ3v) is 6.80. The highest BCUT2D eigenvalue weighted by molar-refractivity contribution is 7.95. The van der Waals surface area contributed by atoms with Gasteiger partial charge >= 0.3 is 0 Å².